The van der Waals surface area contributed by atoms with E-state index >= 15 is 0 Å². The van der Waals surface area contributed by atoms with Crippen molar-refractivity contribution in [2.45, 2.75) is 45.4 Å². The van der Waals surface area contributed by atoms with E-state index in [2.05, 4.69) is 12.2 Å². The summed E-state index contributed by atoms with van der Waals surface area (Å²) in [5.41, 5.74) is 0. The van der Waals surface area contributed by atoms with Gasteiger partial charge >= 0.3 is 0 Å². The summed E-state index contributed by atoms with van der Waals surface area (Å²) < 4.78 is 5.65. The summed E-state index contributed by atoms with van der Waals surface area (Å²) in [6.45, 7) is 5.28. The largest absolute Gasteiger partial charge is 0.492 e. The summed E-state index contributed by atoms with van der Waals surface area (Å²) in [5.74, 6) is 0.797. The van der Waals surface area contributed by atoms with E-state index in [1.54, 1.807) is 0 Å². The fourth-order valence-electron chi connectivity index (χ4n) is 1.88. The molecule has 0 aliphatic heterocycles. The Balaban J connectivity index is 1.90. The van der Waals surface area contributed by atoms with Crippen molar-refractivity contribution in [3.63, 3.8) is 0 Å². The highest BCUT2D eigenvalue weighted by molar-refractivity contribution is 6.32. The number of para-hydroxylation sites is 1. The van der Waals surface area contributed by atoms with Gasteiger partial charge in [-0.05, 0) is 44.5 Å². The fraction of sp³-hybridized carbons (Fsp3) is 0.625. The monoisotopic (exact) mass is 283 g/mol. The standard InChI is InChI=1S/C16H26ClNO/c1-2-3-12-18-13-8-4-5-9-14-19-16-11-7-6-10-15(16)17/h6-7,10-11,18H,2-5,8-9,12-14H2,1H3. The molecule has 0 radical (unpaired) electrons. The van der Waals surface area contributed by atoms with Crippen molar-refractivity contribution in [3.8, 4) is 5.75 Å². The van der Waals surface area contributed by atoms with Crippen LogP contribution >= 0.6 is 11.6 Å². The summed E-state index contributed by atoms with van der Waals surface area (Å²) in [7, 11) is 0. The van der Waals surface area contributed by atoms with Crippen molar-refractivity contribution in [1.29, 1.82) is 0 Å². The Morgan fingerprint density at radius 3 is 2.53 bits per heavy atom. The number of rotatable bonds is 11. The number of halogens is 1. The molecule has 19 heavy (non-hydrogen) atoms. The SMILES string of the molecule is CCCCNCCCCCCOc1ccccc1Cl. The summed E-state index contributed by atoms with van der Waals surface area (Å²) in [4.78, 5) is 0. The lowest BCUT2D eigenvalue weighted by Crippen LogP contribution is -2.16. The number of ether oxygens (including phenoxy) is 1. The molecular formula is C16H26ClNO. The summed E-state index contributed by atoms with van der Waals surface area (Å²) >= 11 is 6.01. The molecule has 3 heteroatoms. The van der Waals surface area contributed by atoms with Crippen LogP contribution in [-0.2, 0) is 0 Å². The molecule has 0 heterocycles. The maximum absolute atomic E-state index is 6.01. The molecule has 0 aromatic heterocycles. The molecule has 0 fully saturated rings. The van der Waals surface area contributed by atoms with Gasteiger partial charge in [0, 0.05) is 0 Å². The van der Waals surface area contributed by atoms with E-state index in [9.17, 15) is 0 Å². The van der Waals surface area contributed by atoms with Gasteiger partial charge in [0.05, 0.1) is 11.6 Å². The molecule has 108 valence electrons. The average Bonchev–Trinajstić information content (AvgIpc) is 2.43. The number of hydrogen-bond donors (Lipinski definition) is 1. The summed E-state index contributed by atoms with van der Waals surface area (Å²) in [6, 6.07) is 7.64. The molecule has 0 spiro atoms. The highest BCUT2D eigenvalue weighted by Crippen LogP contribution is 2.23. The Bertz CT molecular complexity index is 330. The zero-order chi connectivity index (χ0) is 13.8. The molecule has 1 aromatic rings. The predicted molar refractivity (Wildman–Crippen MR) is 83.2 cm³/mol. The van der Waals surface area contributed by atoms with Gasteiger partial charge in [0.15, 0.2) is 0 Å². The molecule has 0 unspecified atom stereocenters. The highest BCUT2D eigenvalue weighted by atomic mass is 35.5. The first-order chi connectivity index (χ1) is 9.34. The Morgan fingerprint density at radius 2 is 1.74 bits per heavy atom. The second kappa shape index (κ2) is 11.1. The normalized spacial score (nSPS) is 10.6. The lowest BCUT2D eigenvalue weighted by atomic mass is 10.2. The van der Waals surface area contributed by atoms with Crippen LogP contribution in [0, 0.1) is 0 Å². The molecule has 0 saturated heterocycles. The van der Waals surface area contributed by atoms with Gasteiger partial charge in [-0.2, -0.15) is 0 Å². The lowest BCUT2D eigenvalue weighted by Gasteiger charge is -2.07. The van der Waals surface area contributed by atoms with Gasteiger partial charge in [0.25, 0.3) is 0 Å². The first-order valence-corrected chi connectivity index (χ1v) is 7.80. The minimum Gasteiger partial charge on any atom is -0.492 e. The zero-order valence-corrected chi connectivity index (χ0v) is 12.7. The van der Waals surface area contributed by atoms with Crippen LogP contribution in [0.4, 0.5) is 0 Å². The van der Waals surface area contributed by atoms with Crippen molar-refractivity contribution in [3.05, 3.63) is 29.3 Å². The molecule has 0 aliphatic rings. The Hall–Kier alpha value is -0.730. The third-order valence-electron chi connectivity index (χ3n) is 3.05. The van der Waals surface area contributed by atoms with Crippen molar-refractivity contribution in [1.82, 2.24) is 5.32 Å². The second-order valence-electron chi connectivity index (χ2n) is 4.80. The maximum Gasteiger partial charge on any atom is 0.137 e. The number of hydrogen-bond acceptors (Lipinski definition) is 2. The van der Waals surface area contributed by atoms with Gasteiger partial charge in [-0.25, -0.2) is 0 Å². The minimum atomic E-state index is 0.697. The average molecular weight is 284 g/mol. The molecule has 2 nitrogen and oxygen atoms in total. The Kier molecular flexibility index (Phi) is 9.56. The Labute approximate surface area is 122 Å². The molecule has 0 saturated carbocycles. The quantitative estimate of drug-likeness (QED) is 0.596. The van der Waals surface area contributed by atoms with E-state index in [1.807, 2.05) is 24.3 Å². The van der Waals surface area contributed by atoms with Crippen LogP contribution in [0.1, 0.15) is 45.4 Å². The van der Waals surface area contributed by atoms with E-state index < -0.39 is 0 Å². The third kappa shape index (κ3) is 8.12. The van der Waals surface area contributed by atoms with E-state index in [1.165, 1.54) is 32.1 Å². The first-order valence-electron chi connectivity index (χ1n) is 7.42. The lowest BCUT2D eigenvalue weighted by molar-refractivity contribution is 0.304. The van der Waals surface area contributed by atoms with Crippen molar-refractivity contribution in [2.24, 2.45) is 0 Å². The van der Waals surface area contributed by atoms with E-state index in [-0.39, 0.29) is 0 Å². The third-order valence-corrected chi connectivity index (χ3v) is 3.36. The van der Waals surface area contributed by atoms with Crippen LogP contribution < -0.4 is 10.1 Å². The van der Waals surface area contributed by atoms with E-state index in [0.717, 1.165) is 31.9 Å². The van der Waals surface area contributed by atoms with E-state index in [4.69, 9.17) is 16.3 Å². The Morgan fingerprint density at radius 1 is 1.00 bits per heavy atom. The van der Waals surface area contributed by atoms with Gasteiger partial charge in [-0.3, -0.25) is 0 Å². The maximum atomic E-state index is 6.01. The molecule has 0 aliphatic carbocycles. The minimum absolute atomic E-state index is 0.697. The summed E-state index contributed by atoms with van der Waals surface area (Å²) in [5, 5.41) is 4.16. The number of nitrogens with one attached hydrogen (secondary N) is 1. The molecule has 0 bridgehead atoms. The van der Waals surface area contributed by atoms with E-state index in [0.29, 0.717) is 5.02 Å². The molecule has 1 aromatic carbocycles. The number of benzene rings is 1. The van der Waals surface area contributed by atoms with Crippen molar-refractivity contribution in [2.75, 3.05) is 19.7 Å². The topological polar surface area (TPSA) is 21.3 Å². The van der Waals surface area contributed by atoms with Crippen molar-refractivity contribution < 1.29 is 4.74 Å². The van der Waals surface area contributed by atoms with Crippen LogP contribution in [0.2, 0.25) is 5.02 Å². The van der Waals surface area contributed by atoms with Gasteiger partial charge in [0.1, 0.15) is 5.75 Å². The van der Waals surface area contributed by atoms with Crippen LogP contribution in [0.15, 0.2) is 24.3 Å². The highest BCUT2D eigenvalue weighted by Gasteiger charge is 1.98. The summed E-state index contributed by atoms with van der Waals surface area (Å²) in [6.07, 6.45) is 7.40. The fourth-order valence-corrected chi connectivity index (χ4v) is 2.07. The van der Waals surface area contributed by atoms with Gasteiger partial charge in [0.2, 0.25) is 0 Å². The molecule has 0 atom stereocenters. The molecule has 1 N–H and O–H groups in total. The van der Waals surface area contributed by atoms with Crippen molar-refractivity contribution >= 4 is 11.6 Å². The van der Waals surface area contributed by atoms with Gasteiger partial charge in [-0.15, -0.1) is 0 Å². The smallest absolute Gasteiger partial charge is 0.137 e. The number of unbranched alkanes of at least 4 members (excludes halogenated alkanes) is 4. The molecule has 1 rings (SSSR count). The van der Waals surface area contributed by atoms with Gasteiger partial charge < -0.3 is 10.1 Å². The van der Waals surface area contributed by atoms with Crippen LogP contribution in [0.3, 0.4) is 0 Å². The van der Waals surface area contributed by atoms with Crippen LogP contribution in [-0.4, -0.2) is 19.7 Å². The first kappa shape index (κ1) is 16.3. The van der Waals surface area contributed by atoms with Crippen LogP contribution in [0.5, 0.6) is 5.75 Å². The molecular weight excluding hydrogens is 258 g/mol. The van der Waals surface area contributed by atoms with Crippen LogP contribution in [0.25, 0.3) is 0 Å². The zero-order valence-electron chi connectivity index (χ0n) is 12.0. The van der Waals surface area contributed by atoms with Gasteiger partial charge in [-0.1, -0.05) is 49.9 Å². The molecule has 0 amide bonds. The second-order valence-corrected chi connectivity index (χ2v) is 5.20. The predicted octanol–water partition coefficient (Wildman–Crippen LogP) is 4.67.